The van der Waals surface area contributed by atoms with Gasteiger partial charge in [-0.1, -0.05) is 19.0 Å². The molecule has 1 N–H and O–H groups in total. The molecule has 2 fully saturated rings. The SMILES string of the molecule is CCNC1CSCC1c1nc(C2CN(CC)CCO2)no1. The molecule has 2 aliphatic heterocycles. The van der Waals surface area contributed by atoms with Gasteiger partial charge in [-0.15, -0.1) is 0 Å². The number of ether oxygens (including phenoxy) is 1. The van der Waals surface area contributed by atoms with Crippen molar-refractivity contribution in [1.29, 1.82) is 0 Å². The third-order valence-electron chi connectivity index (χ3n) is 4.21. The first kappa shape index (κ1) is 15.3. The zero-order valence-electron chi connectivity index (χ0n) is 12.7. The highest BCUT2D eigenvalue weighted by Gasteiger charge is 2.34. The number of nitrogens with one attached hydrogen (secondary N) is 1. The summed E-state index contributed by atoms with van der Waals surface area (Å²) in [5.41, 5.74) is 0. The molecule has 0 amide bonds. The first-order valence-electron chi connectivity index (χ1n) is 7.80. The Kier molecular flexibility index (Phi) is 5.15. The average molecular weight is 312 g/mol. The van der Waals surface area contributed by atoms with E-state index in [2.05, 4.69) is 34.2 Å². The topological polar surface area (TPSA) is 63.4 Å². The fourth-order valence-corrected chi connectivity index (χ4v) is 4.30. The minimum Gasteiger partial charge on any atom is -0.367 e. The maximum atomic E-state index is 5.80. The van der Waals surface area contributed by atoms with Crippen molar-refractivity contribution in [2.24, 2.45) is 0 Å². The van der Waals surface area contributed by atoms with Gasteiger partial charge >= 0.3 is 0 Å². The van der Waals surface area contributed by atoms with Gasteiger partial charge in [-0.2, -0.15) is 16.7 Å². The molecule has 1 aromatic heterocycles. The second kappa shape index (κ2) is 7.09. The summed E-state index contributed by atoms with van der Waals surface area (Å²) < 4.78 is 11.3. The molecular weight excluding hydrogens is 288 g/mol. The number of morpholine rings is 1. The largest absolute Gasteiger partial charge is 0.367 e. The number of thioether (sulfide) groups is 1. The summed E-state index contributed by atoms with van der Waals surface area (Å²) in [7, 11) is 0. The molecule has 2 saturated heterocycles. The third-order valence-corrected chi connectivity index (χ3v) is 5.40. The molecule has 3 atom stereocenters. The summed E-state index contributed by atoms with van der Waals surface area (Å²) in [5.74, 6) is 3.95. The molecule has 2 aliphatic rings. The molecule has 0 aliphatic carbocycles. The second-order valence-corrected chi connectivity index (χ2v) is 6.63. The van der Waals surface area contributed by atoms with Crippen molar-refractivity contribution in [3.63, 3.8) is 0 Å². The van der Waals surface area contributed by atoms with Crippen molar-refractivity contribution in [2.75, 3.05) is 44.3 Å². The van der Waals surface area contributed by atoms with Crippen molar-refractivity contribution in [3.05, 3.63) is 11.7 Å². The van der Waals surface area contributed by atoms with Gasteiger partial charge in [0, 0.05) is 30.6 Å². The van der Waals surface area contributed by atoms with Crippen molar-refractivity contribution in [2.45, 2.75) is 31.9 Å². The number of rotatable bonds is 5. The van der Waals surface area contributed by atoms with Gasteiger partial charge in [-0.25, -0.2) is 0 Å². The van der Waals surface area contributed by atoms with Gasteiger partial charge in [-0.3, -0.25) is 4.90 Å². The van der Waals surface area contributed by atoms with Gasteiger partial charge in [-0.05, 0) is 13.1 Å². The highest BCUT2D eigenvalue weighted by atomic mass is 32.2. The van der Waals surface area contributed by atoms with E-state index in [-0.39, 0.29) is 6.10 Å². The lowest BCUT2D eigenvalue weighted by Crippen LogP contribution is -2.38. The van der Waals surface area contributed by atoms with Crippen LogP contribution < -0.4 is 5.32 Å². The Morgan fingerprint density at radius 2 is 2.29 bits per heavy atom. The molecule has 0 spiro atoms. The Morgan fingerprint density at radius 1 is 1.38 bits per heavy atom. The maximum Gasteiger partial charge on any atom is 0.232 e. The Bertz CT molecular complexity index is 456. The number of hydrogen-bond donors (Lipinski definition) is 1. The zero-order chi connectivity index (χ0) is 14.7. The molecule has 0 radical (unpaired) electrons. The summed E-state index contributed by atoms with van der Waals surface area (Å²) in [6.07, 6.45) is -0.0529. The minimum atomic E-state index is -0.0529. The lowest BCUT2D eigenvalue weighted by Gasteiger charge is -2.30. The van der Waals surface area contributed by atoms with Crippen LogP contribution in [0.2, 0.25) is 0 Å². The van der Waals surface area contributed by atoms with Crippen LogP contribution in [0.4, 0.5) is 0 Å². The van der Waals surface area contributed by atoms with Crippen LogP contribution in [0.5, 0.6) is 0 Å². The quantitative estimate of drug-likeness (QED) is 0.878. The Hall–Kier alpha value is -0.630. The third kappa shape index (κ3) is 3.41. The summed E-state index contributed by atoms with van der Waals surface area (Å²) >= 11 is 1.94. The normalized spacial score (nSPS) is 30.9. The molecule has 0 saturated carbocycles. The summed E-state index contributed by atoms with van der Waals surface area (Å²) in [4.78, 5) is 6.99. The van der Waals surface area contributed by atoms with E-state index in [1.165, 1.54) is 0 Å². The van der Waals surface area contributed by atoms with Gasteiger partial charge in [0.1, 0.15) is 6.10 Å². The fourth-order valence-electron chi connectivity index (χ4n) is 2.94. The number of nitrogens with zero attached hydrogens (tertiary/aromatic N) is 3. The van der Waals surface area contributed by atoms with Crippen molar-refractivity contribution in [3.8, 4) is 0 Å². The van der Waals surface area contributed by atoms with E-state index in [1.807, 2.05) is 11.8 Å². The standard InChI is InChI=1S/C14H24N4O2S/c1-3-15-11-9-21-8-10(11)14-16-13(17-20-14)12-7-18(4-2)5-6-19-12/h10-12,15H,3-9H2,1-2H3. The van der Waals surface area contributed by atoms with E-state index < -0.39 is 0 Å². The molecule has 118 valence electrons. The number of aromatic nitrogens is 2. The molecule has 0 bridgehead atoms. The van der Waals surface area contributed by atoms with E-state index in [0.717, 1.165) is 50.2 Å². The van der Waals surface area contributed by atoms with Crippen LogP contribution >= 0.6 is 11.8 Å². The second-order valence-electron chi connectivity index (χ2n) is 5.55. The summed E-state index contributed by atoms with van der Waals surface area (Å²) in [6, 6.07) is 0.438. The molecule has 3 rings (SSSR count). The monoisotopic (exact) mass is 312 g/mol. The van der Waals surface area contributed by atoms with Crippen molar-refractivity contribution >= 4 is 11.8 Å². The van der Waals surface area contributed by atoms with Crippen LogP contribution in [-0.2, 0) is 4.74 Å². The van der Waals surface area contributed by atoms with Gasteiger partial charge in [0.05, 0.1) is 12.5 Å². The van der Waals surface area contributed by atoms with E-state index >= 15 is 0 Å². The van der Waals surface area contributed by atoms with E-state index in [9.17, 15) is 0 Å². The minimum absolute atomic E-state index is 0.0529. The first-order chi connectivity index (χ1) is 10.3. The van der Waals surface area contributed by atoms with Crippen LogP contribution in [0, 0.1) is 0 Å². The molecule has 6 nitrogen and oxygen atoms in total. The summed E-state index contributed by atoms with van der Waals surface area (Å²) in [6.45, 7) is 8.88. The predicted molar refractivity (Wildman–Crippen MR) is 82.6 cm³/mol. The molecule has 1 aromatic rings. The van der Waals surface area contributed by atoms with Gasteiger partial charge in [0.2, 0.25) is 11.7 Å². The lowest BCUT2D eigenvalue weighted by molar-refractivity contribution is -0.0334. The Morgan fingerprint density at radius 3 is 3.10 bits per heavy atom. The molecule has 3 unspecified atom stereocenters. The van der Waals surface area contributed by atoms with E-state index in [4.69, 9.17) is 9.26 Å². The molecule has 3 heterocycles. The smallest absolute Gasteiger partial charge is 0.232 e. The van der Waals surface area contributed by atoms with Crippen molar-refractivity contribution < 1.29 is 9.26 Å². The lowest BCUT2D eigenvalue weighted by atomic mass is 10.0. The van der Waals surface area contributed by atoms with E-state index in [1.54, 1.807) is 0 Å². The van der Waals surface area contributed by atoms with Crippen LogP contribution in [0.1, 0.15) is 37.6 Å². The molecular formula is C14H24N4O2S. The predicted octanol–water partition coefficient (Wildman–Crippen LogP) is 1.27. The van der Waals surface area contributed by atoms with Crippen LogP contribution in [-0.4, -0.2) is 65.4 Å². The Labute approximate surface area is 130 Å². The molecule has 21 heavy (non-hydrogen) atoms. The van der Waals surface area contributed by atoms with Crippen molar-refractivity contribution in [1.82, 2.24) is 20.4 Å². The maximum absolute atomic E-state index is 5.80. The highest BCUT2D eigenvalue weighted by molar-refractivity contribution is 7.99. The molecule has 7 heteroatoms. The summed E-state index contributed by atoms with van der Waals surface area (Å²) in [5, 5.41) is 7.68. The average Bonchev–Trinajstić information content (AvgIpc) is 3.16. The van der Waals surface area contributed by atoms with Gasteiger partial charge in [0.25, 0.3) is 0 Å². The zero-order valence-corrected chi connectivity index (χ0v) is 13.6. The van der Waals surface area contributed by atoms with Crippen LogP contribution in [0.25, 0.3) is 0 Å². The highest BCUT2D eigenvalue weighted by Crippen LogP contribution is 2.32. The number of likely N-dealkylation sites (N-methyl/N-ethyl adjacent to an activating group) is 2. The van der Waals surface area contributed by atoms with E-state index in [0.29, 0.717) is 17.8 Å². The molecule has 0 aromatic carbocycles. The fraction of sp³-hybridized carbons (Fsp3) is 0.857. The van der Waals surface area contributed by atoms with Crippen LogP contribution in [0.3, 0.4) is 0 Å². The first-order valence-corrected chi connectivity index (χ1v) is 8.95. The Balaban J connectivity index is 1.68. The number of hydrogen-bond acceptors (Lipinski definition) is 7. The van der Waals surface area contributed by atoms with Crippen LogP contribution in [0.15, 0.2) is 4.52 Å². The van der Waals surface area contributed by atoms with Gasteiger partial charge < -0.3 is 14.6 Å². The van der Waals surface area contributed by atoms with Gasteiger partial charge in [0.15, 0.2) is 0 Å².